The van der Waals surface area contributed by atoms with Gasteiger partial charge in [0.1, 0.15) is 12.2 Å². The topological polar surface area (TPSA) is 38.2 Å². The lowest BCUT2D eigenvalue weighted by Crippen LogP contribution is -2.17. The third-order valence-corrected chi connectivity index (χ3v) is 3.71. The number of para-hydroxylation sites is 1. The Morgan fingerprint density at radius 3 is 2.19 bits per heavy atom. The van der Waals surface area contributed by atoms with Crippen LogP contribution in [0.4, 0.5) is 24.8 Å². The summed E-state index contributed by atoms with van der Waals surface area (Å²) >= 11 is 0. The van der Waals surface area contributed by atoms with Crippen molar-refractivity contribution in [3.8, 4) is 5.88 Å². The van der Waals surface area contributed by atoms with Gasteiger partial charge in [0.05, 0.1) is 0 Å². The Morgan fingerprint density at radius 2 is 1.58 bits per heavy atom. The molecule has 26 heavy (non-hydrogen) atoms. The molecule has 0 spiro atoms. The van der Waals surface area contributed by atoms with Crippen molar-refractivity contribution in [1.29, 1.82) is 0 Å². The molecule has 0 bridgehead atoms. The van der Waals surface area contributed by atoms with E-state index in [1.165, 1.54) is 0 Å². The highest BCUT2D eigenvalue weighted by atomic mass is 19.4. The molecule has 0 fully saturated rings. The lowest BCUT2D eigenvalue weighted by molar-refractivity contribution is -0.139. The molecule has 0 aliphatic rings. The lowest BCUT2D eigenvalue weighted by Gasteiger charge is -2.19. The molecule has 0 aliphatic heterocycles. The number of ether oxygens (including phenoxy) is 1. The molecule has 0 amide bonds. The number of rotatable bonds is 5. The minimum absolute atomic E-state index is 0.0184. The van der Waals surface area contributed by atoms with Crippen LogP contribution in [0.2, 0.25) is 0 Å². The zero-order valence-corrected chi connectivity index (χ0v) is 13.9. The van der Waals surface area contributed by atoms with Crippen molar-refractivity contribution in [3.05, 3.63) is 78.0 Å². The highest BCUT2D eigenvalue weighted by Crippen LogP contribution is 2.36. The molecule has 4 nitrogen and oxygen atoms in total. The molecule has 0 unspecified atom stereocenters. The molecule has 1 heterocycles. The third kappa shape index (κ3) is 4.11. The molecule has 3 aromatic rings. The molecule has 2 aromatic carbocycles. The first-order chi connectivity index (χ1) is 12.4. The largest absolute Gasteiger partial charge is 0.472 e. The van der Waals surface area contributed by atoms with E-state index in [0.717, 1.165) is 17.4 Å². The quantitative estimate of drug-likeness (QED) is 0.653. The number of alkyl halides is 3. The van der Waals surface area contributed by atoms with Crippen LogP contribution in [0.5, 0.6) is 5.88 Å². The van der Waals surface area contributed by atoms with Gasteiger partial charge in [0, 0.05) is 18.9 Å². The number of anilines is 2. The SMILES string of the molecule is CN(c1ccccc1)c1ncc(C(F)(F)F)c(OCc2ccccc2)n1. The Morgan fingerprint density at radius 1 is 0.962 bits per heavy atom. The summed E-state index contributed by atoms with van der Waals surface area (Å²) in [7, 11) is 1.68. The van der Waals surface area contributed by atoms with Crippen LogP contribution >= 0.6 is 0 Å². The van der Waals surface area contributed by atoms with Crippen LogP contribution in [0, 0.1) is 0 Å². The van der Waals surface area contributed by atoms with Crippen LogP contribution in [-0.4, -0.2) is 17.0 Å². The Hall–Kier alpha value is -3.09. The van der Waals surface area contributed by atoms with E-state index < -0.39 is 17.6 Å². The van der Waals surface area contributed by atoms with Crippen molar-refractivity contribution in [2.75, 3.05) is 11.9 Å². The van der Waals surface area contributed by atoms with Crippen LogP contribution < -0.4 is 9.64 Å². The fourth-order valence-corrected chi connectivity index (χ4v) is 2.32. The van der Waals surface area contributed by atoms with Gasteiger partial charge in [0.25, 0.3) is 0 Å². The van der Waals surface area contributed by atoms with E-state index >= 15 is 0 Å². The van der Waals surface area contributed by atoms with Gasteiger partial charge >= 0.3 is 6.18 Å². The fraction of sp³-hybridized carbons (Fsp3) is 0.158. The summed E-state index contributed by atoms with van der Waals surface area (Å²) in [6.45, 7) is -0.0184. The molecule has 134 valence electrons. The highest BCUT2D eigenvalue weighted by molar-refractivity contribution is 5.56. The van der Waals surface area contributed by atoms with Crippen LogP contribution in [0.25, 0.3) is 0 Å². The van der Waals surface area contributed by atoms with Crippen molar-refractivity contribution in [3.63, 3.8) is 0 Å². The summed E-state index contributed by atoms with van der Waals surface area (Å²) in [5.41, 5.74) is 0.497. The Kier molecular flexibility index (Phi) is 5.06. The molecule has 0 aliphatic carbocycles. The summed E-state index contributed by atoms with van der Waals surface area (Å²) in [4.78, 5) is 9.45. The highest BCUT2D eigenvalue weighted by Gasteiger charge is 2.36. The molecule has 0 saturated heterocycles. The molecule has 0 N–H and O–H groups in total. The zero-order chi connectivity index (χ0) is 18.6. The minimum atomic E-state index is -4.60. The maximum atomic E-state index is 13.3. The van der Waals surface area contributed by atoms with Gasteiger partial charge in [-0.1, -0.05) is 48.5 Å². The number of aromatic nitrogens is 2. The van der Waals surface area contributed by atoms with E-state index in [0.29, 0.717) is 0 Å². The van der Waals surface area contributed by atoms with Crippen LogP contribution in [0.1, 0.15) is 11.1 Å². The van der Waals surface area contributed by atoms with Gasteiger partial charge in [0.15, 0.2) is 0 Å². The van der Waals surface area contributed by atoms with Gasteiger partial charge in [0.2, 0.25) is 11.8 Å². The number of hydrogen-bond donors (Lipinski definition) is 0. The smallest absolute Gasteiger partial charge is 0.423 e. The van der Waals surface area contributed by atoms with Crippen molar-refractivity contribution in [2.24, 2.45) is 0 Å². The number of benzene rings is 2. The molecule has 3 rings (SSSR count). The predicted molar refractivity (Wildman–Crippen MR) is 92.3 cm³/mol. The van der Waals surface area contributed by atoms with Crippen molar-refractivity contribution >= 4 is 11.6 Å². The number of hydrogen-bond acceptors (Lipinski definition) is 4. The third-order valence-electron chi connectivity index (χ3n) is 3.71. The second-order valence-electron chi connectivity index (χ2n) is 5.56. The fourth-order valence-electron chi connectivity index (χ4n) is 2.32. The zero-order valence-electron chi connectivity index (χ0n) is 13.9. The van der Waals surface area contributed by atoms with E-state index in [9.17, 15) is 13.2 Å². The Labute approximate surface area is 148 Å². The minimum Gasteiger partial charge on any atom is -0.472 e. The van der Waals surface area contributed by atoms with Gasteiger partial charge in [-0.3, -0.25) is 0 Å². The lowest BCUT2D eigenvalue weighted by atomic mass is 10.2. The first-order valence-corrected chi connectivity index (χ1v) is 7.85. The number of halogens is 3. The molecule has 1 aromatic heterocycles. The van der Waals surface area contributed by atoms with Gasteiger partial charge in [-0.25, -0.2) is 4.98 Å². The summed E-state index contributed by atoms with van der Waals surface area (Å²) in [5.74, 6) is -0.374. The molecule has 0 saturated carbocycles. The monoisotopic (exact) mass is 359 g/mol. The standard InChI is InChI=1S/C19H16F3N3O/c1-25(15-10-6-3-7-11-15)18-23-12-16(19(20,21)22)17(24-18)26-13-14-8-4-2-5-9-14/h2-12H,13H2,1H3. The van der Waals surface area contributed by atoms with Crippen molar-refractivity contribution in [2.45, 2.75) is 12.8 Å². The first kappa shape index (κ1) is 17.7. The Balaban J connectivity index is 1.91. The Bertz CT molecular complexity index is 855. The average Bonchev–Trinajstić information content (AvgIpc) is 2.66. The van der Waals surface area contributed by atoms with E-state index in [1.54, 1.807) is 36.2 Å². The summed E-state index contributed by atoms with van der Waals surface area (Å²) in [5, 5.41) is 0. The second-order valence-corrected chi connectivity index (χ2v) is 5.56. The summed E-state index contributed by atoms with van der Waals surface area (Å²) in [6.07, 6.45) is -3.85. The molecule has 0 radical (unpaired) electrons. The van der Waals surface area contributed by atoms with E-state index in [1.807, 2.05) is 36.4 Å². The van der Waals surface area contributed by atoms with Crippen LogP contribution in [0.3, 0.4) is 0 Å². The van der Waals surface area contributed by atoms with Crippen LogP contribution in [-0.2, 0) is 12.8 Å². The summed E-state index contributed by atoms with van der Waals surface area (Å²) < 4.78 is 45.1. The van der Waals surface area contributed by atoms with Gasteiger partial charge in [-0.15, -0.1) is 0 Å². The van der Waals surface area contributed by atoms with Gasteiger partial charge in [-0.2, -0.15) is 18.2 Å². The maximum absolute atomic E-state index is 13.3. The van der Waals surface area contributed by atoms with E-state index in [4.69, 9.17) is 4.74 Å². The van der Waals surface area contributed by atoms with Gasteiger partial charge < -0.3 is 9.64 Å². The number of nitrogens with zero attached hydrogens (tertiary/aromatic N) is 3. The molecular formula is C19H16F3N3O. The molecular weight excluding hydrogens is 343 g/mol. The first-order valence-electron chi connectivity index (χ1n) is 7.85. The summed E-state index contributed by atoms with van der Waals surface area (Å²) in [6, 6.07) is 18.1. The maximum Gasteiger partial charge on any atom is 0.423 e. The normalized spacial score (nSPS) is 11.2. The van der Waals surface area contributed by atoms with Crippen molar-refractivity contribution < 1.29 is 17.9 Å². The van der Waals surface area contributed by atoms with Crippen molar-refractivity contribution in [1.82, 2.24) is 9.97 Å². The van der Waals surface area contributed by atoms with Crippen LogP contribution in [0.15, 0.2) is 66.9 Å². The molecule has 7 heteroatoms. The van der Waals surface area contributed by atoms with Gasteiger partial charge in [-0.05, 0) is 17.7 Å². The van der Waals surface area contributed by atoms with E-state index in [-0.39, 0.29) is 12.6 Å². The average molecular weight is 359 g/mol. The van der Waals surface area contributed by atoms with E-state index in [2.05, 4.69) is 9.97 Å². The second kappa shape index (κ2) is 7.43. The molecule has 0 atom stereocenters. The predicted octanol–water partition coefficient (Wildman–Crippen LogP) is 4.84.